The lowest BCUT2D eigenvalue weighted by Gasteiger charge is -2.47. The average Bonchev–Trinajstić information content (AvgIpc) is 3.63. The standard InChI is InChI=1S/C36H58O4/c1-5-6-7-8-9-10-13-32(39)36(21-22-36)33(40)18-20-34(2,3)31-17-16-30-27(12-11-19-35(30,31)4)15-14-26-23-28(37)25-29(38)24-26/h14-15,18,20,28-31,33,37-38,40H,5-13,16-17,19,21-25H2,1-4H3/t28-,29-,30+,31-,33+,35+/m1/s1. The Morgan fingerprint density at radius 2 is 1.68 bits per heavy atom. The molecule has 4 fully saturated rings. The number of carbonyl (C=O) groups excluding carboxylic acids is 1. The molecule has 226 valence electrons. The number of rotatable bonds is 13. The summed E-state index contributed by atoms with van der Waals surface area (Å²) in [5.41, 5.74) is 2.35. The summed E-state index contributed by atoms with van der Waals surface area (Å²) >= 11 is 0. The van der Waals surface area contributed by atoms with E-state index in [1.165, 1.54) is 56.9 Å². The number of carbonyl (C=O) groups is 1. The average molecular weight is 555 g/mol. The first-order chi connectivity index (χ1) is 19.0. The Bertz CT molecular complexity index is 942. The van der Waals surface area contributed by atoms with Gasteiger partial charge in [-0.25, -0.2) is 0 Å². The van der Waals surface area contributed by atoms with Gasteiger partial charge in [0.15, 0.2) is 0 Å². The van der Waals surface area contributed by atoms with Crippen LogP contribution in [0.4, 0.5) is 0 Å². The number of allylic oxidation sites excluding steroid dienone is 4. The Hall–Kier alpha value is -1.23. The Morgan fingerprint density at radius 1 is 1.00 bits per heavy atom. The second-order valence-electron chi connectivity index (χ2n) is 14.8. The Balaban J connectivity index is 1.37. The molecule has 0 spiro atoms. The van der Waals surface area contributed by atoms with Crippen molar-refractivity contribution in [2.45, 2.75) is 155 Å². The van der Waals surface area contributed by atoms with Gasteiger partial charge >= 0.3 is 0 Å². The van der Waals surface area contributed by atoms with Crippen molar-refractivity contribution in [1.82, 2.24) is 0 Å². The van der Waals surface area contributed by atoms with Crippen LogP contribution in [0.3, 0.4) is 0 Å². The van der Waals surface area contributed by atoms with Gasteiger partial charge in [-0.15, -0.1) is 0 Å². The van der Waals surface area contributed by atoms with E-state index in [-0.39, 0.29) is 16.6 Å². The van der Waals surface area contributed by atoms with Crippen LogP contribution in [-0.4, -0.2) is 39.4 Å². The maximum atomic E-state index is 13.1. The molecule has 4 rings (SSSR count). The molecule has 0 amide bonds. The van der Waals surface area contributed by atoms with Crippen LogP contribution in [0, 0.1) is 28.1 Å². The zero-order valence-electron chi connectivity index (χ0n) is 26.0. The monoisotopic (exact) mass is 554 g/mol. The lowest BCUT2D eigenvalue weighted by atomic mass is 9.57. The van der Waals surface area contributed by atoms with Crippen LogP contribution in [-0.2, 0) is 4.79 Å². The SMILES string of the molecule is CCCCCCCCC(=O)C1([C@@H](O)C=CC(C)(C)[C@H]2CC[C@H]3C(=CC=C4C[C@@H](O)C[C@H](O)C4)CCC[C@]23C)CC1. The quantitative estimate of drug-likeness (QED) is 0.159. The van der Waals surface area contributed by atoms with Crippen LogP contribution >= 0.6 is 0 Å². The van der Waals surface area contributed by atoms with Gasteiger partial charge < -0.3 is 15.3 Å². The predicted octanol–water partition coefficient (Wildman–Crippen LogP) is 8.00. The third-order valence-corrected chi connectivity index (χ3v) is 11.3. The summed E-state index contributed by atoms with van der Waals surface area (Å²) in [5.74, 6) is 1.37. The molecule has 4 heteroatoms. The highest BCUT2D eigenvalue weighted by molar-refractivity contribution is 5.88. The fraction of sp³-hybridized carbons (Fsp3) is 0.806. The summed E-state index contributed by atoms with van der Waals surface area (Å²) in [7, 11) is 0. The van der Waals surface area contributed by atoms with Gasteiger partial charge in [0.2, 0.25) is 0 Å². The van der Waals surface area contributed by atoms with Crippen LogP contribution in [0.25, 0.3) is 0 Å². The second-order valence-corrected chi connectivity index (χ2v) is 14.8. The van der Waals surface area contributed by atoms with Crippen LogP contribution in [0.5, 0.6) is 0 Å². The molecule has 0 aromatic heterocycles. The second kappa shape index (κ2) is 13.4. The van der Waals surface area contributed by atoms with Crippen molar-refractivity contribution in [1.29, 1.82) is 0 Å². The molecule has 0 aromatic carbocycles. The molecule has 0 unspecified atom stereocenters. The number of hydrogen-bond acceptors (Lipinski definition) is 4. The molecule has 0 saturated heterocycles. The van der Waals surface area contributed by atoms with Gasteiger partial charge in [-0.2, -0.15) is 0 Å². The van der Waals surface area contributed by atoms with Gasteiger partial charge in [0.05, 0.1) is 23.7 Å². The molecule has 4 saturated carbocycles. The molecule has 0 aliphatic heterocycles. The van der Waals surface area contributed by atoms with Crippen molar-refractivity contribution in [2.75, 3.05) is 0 Å². The summed E-state index contributed by atoms with van der Waals surface area (Å²) < 4.78 is 0. The van der Waals surface area contributed by atoms with Crippen molar-refractivity contribution < 1.29 is 20.1 Å². The highest BCUT2D eigenvalue weighted by atomic mass is 16.3. The van der Waals surface area contributed by atoms with Crippen LogP contribution in [0.1, 0.15) is 137 Å². The van der Waals surface area contributed by atoms with Gasteiger partial charge in [-0.3, -0.25) is 4.79 Å². The third-order valence-electron chi connectivity index (χ3n) is 11.3. The fourth-order valence-electron chi connectivity index (χ4n) is 8.82. The molecule has 0 heterocycles. The fourth-order valence-corrected chi connectivity index (χ4v) is 8.82. The summed E-state index contributed by atoms with van der Waals surface area (Å²) in [6.07, 6.45) is 24.4. The predicted molar refractivity (Wildman–Crippen MR) is 164 cm³/mol. The van der Waals surface area contributed by atoms with Crippen molar-refractivity contribution in [2.24, 2.45) is 28.1 Å². The van der Waals surface area contributed by atoms with Crippen LogP contribution in [0.2, 0.25) is 0 Å². The third kappa shape index (κ3) is 7.21. The van der Waals surface area contributed by atoms with E-state index in [0.717, 1.165) is 37.7 Å². The lowest BCUT2D eigenvalue weighted by molar-refractivity contribution is -0.127. The minimum atomic E-state index is -0.668. The Kier molecular flexibility index (Phi) is 10.6. The number of unbranched alkanes of at least 4 members (excludes halogenated alkanes) is 5. The van der Waals surface area contributed by atoms with Gasteiger partial charge in [0.1, 0.15) is 5.78 Å². The zero-order valence-corrected chi connectivity index (χ0v) is 26.0. The lowest BCUT2D eigenvalue weighted by Crippen LogP contribution is -2.39. The Morgan fingerprint density at radius 3 is 2.35 bits per heavy atom. The number of Topliss-reactive ketones (excluding diaryl/α,β-unsaturated/α-hetero) is 1. The molecule has 4 nitrogen and oxygen atoms in total. The number of ketones is 1. The van der Waals surface area contributed by atoms with Crippen molar-refractivity contribution >= 4 is 5.78 Å². The van der Waals surface area contributed by atoms with Crippen molar-refractivity contribution in [3.63, 3.8) is 0 Å². The molecular weight excluding hydrogens is 496 g/mol. The number of fused-ring (bicyclic) bond motifs is 1. The molecule has 40 heavy (non-hydrogen) atoms. The smallest absolute Gasteiger partial charge is 0.141 e. The molecule has 0 aromatic rings. The number of aliphatic hydroxyl groups is 3. The first-order valence-electron chi connectivity index (χ1n) is 16.7. The first-order valence-corrected chi connectivity index (χ1v) is 16.7. The van der Waals surface area contributed by atoms with Crippen molar-refractivity contribution in [3.05, 3.63) is 35.5 Å². The Labute approximate surface area is 244 Å². The van der Waals surface area contributed by atoms with E-state index in [2.05, 4.69) is 45.9 Å². The van der Waals surface area contributed by atoms with E-state index in [9.17, 15) is 20.1 Å². The largest absolute Gasteiger partial charge is 0.393 e. The maximum Gasteiger partial charge on any atom is 0.141 e. The van der Waals surface area contributed by atoms with E-state index >= 15 is 0 Å². The molecule has 3 N–H and O–H groups in total. The van der Waals surface area contributed by atoms with Gasteiger partial charge in [0, 0.05) is 6.42 Å². The molecule has 6 atom stereocenters. The van der Waals surface area contributed by atoms with Crippen molar-refractivity contribution in [3.8, 4) is 0 Å². The summed E-state index contributed by atoms with van der Waals surface area (Å²) in [5, 5.41) is 31.4. The molecule has 0 bridgehead atoms. The molecule has 4 aliphatic carbocycles. The number of hydrogen-bond donors (Lipinski definition) is 3. The highest BCUT2D eigenvalue weighted by Crippen LogP contribution is 2.62. The molecule has 4 aliphatic rings. The van der Waals surface area contributed by atoms with Gasteiger partial charge in [-0.05, 0) is 93.3 Å². The van der Waals surface area contributed by atoms with E-state index in [4.69, 9.17) is 0 Å². The maximum absolute atomic E-state index is 13.1. The van der Waals surface area contributed by atoms with Gasteiger partial charge in [0.25, 0.3) is 0 Å². The van der Waals surface area contributed by atoms with E-state index in [0.29, 0.717) is 37.5 Å². The van der Waals surface area contributed by atoms with E-state index in [1.807, 2.05) is 6.08 Å². The highest BCUT2D eigenvalue weighted by Gasteiger charge is 2.55. The summed E-state index contributed by atoms with van der Waals surface area (Å²) in [6, 6.07) is 0. The van der Waals surface area contributed by atoms with Crippen LogP contribution < -0.4 is 0 Å². The topological polar surface area (TPSA) is 77.8 Å². The minimum absolute atomic E-state index is 0.0542. The first kappa shape index (κ1) is 31.7. The molecule has 0 radical (unpaired) electrons. The molecular formula is C36H58O4. The summed E-state index contributed by atoms with van der Waals surface area (Å²) in [4.78, 5) is 13.1. The van der Waals surface area contributed by atoms with E-state index < -0.39 is 23.7 Å². The van der Waals surface area contributed by atoms with Crippen LogP contribution in [0.15, 0.2) is 35.5 Å². The van der Waals surface area contributed by atoms with Gasteiger partial charge in [-0.1, -0.05) is 95.2 Å². The van der Waals surface area contributed by atoms with E-state index in [1.54, 1.807) is 0 Å². The minimum Gasteiger partial charge on any atom is -0.393 e. The number of aliphatic hydroxyl groups excluding tert-OH is 3. The zero-order chi connectivity index (χ0) is 29.0. The summed E-state index contributed by atoms with van der Waals surface area (Å²) in [6.45, 7) is 9.37. The normalized spacial score (nSPS) is 33.8.